The van der Waals surface area contributed by atoms with Crippen LogP contribution in [0.15, 0.2) is 38.2 Å². The topological polar surface area (TPSA) is 113 Å². The molecule has 0 bridgehead atoms. The molecule has 0 unspecified atom stereocenters. The predicted octanol–water partition coefficient (Wildman–Crippen LogP) is 2.31. The Morgan fingerprint density at radius 1 is 1.09 bits per heavy atom. The number of nitrogens with two attached hydrogens (primary N) is 2. The van der Waals surface area contributed by atoms with Gasteiger partial charge in [0.1, 0.15) is 20.8 Å². The molecule has 2 aromatic rings. The molecular formula is C14H17Br2N3O3S. The van der Waals surface area contributed by atoms with Crippen LogP contribution in [0.5, 0.6) is 0 Å². The number of pyridine rings is 1. The van der Waals surface area contributed by atoms with Crippen LogP contribution in [0.4, 0.5) is 5.82 Å². The third-order valence-electron chi connectivity index (χ3n) is 2.90. The second-order valence-corrected chi connectivity index (χ2v) is 8.07. The van der Waals surface area contributed by atoms with Crippen LogP contribution in [0.2, 0.25) is 0 Å². The third-order valence-corrected chi connectivity index (χ3v) is 5.12. The summed E-state index contributed by atoms with van der Waals surface area (Å²) in [6.45, 7) is 5.12. The van der Waals surface area contributed by atoms with Crippen LogP contribution in [0.1, 0.15) is 16.7 Å². The fourth-order valence-corrected chi connectivity index (χ4v) is 4.23. The Balaban J connectivity index is 0.000000238. The molecule has 1 heterocycles. The number of benzene rings is 1. The fraction of sp³-hybridized carbons (Fsp3) is 0.214. The fourth-order valence-electron chi connectivity index (χ4n) is 2.12. The van der Waals surface area contributed by atoms with E-state index in [0.717, 1.165) is 14.5 Å². The van der Waals surface area contributed by atoms with Crippen molar-refractivity contribution in [2.75, 3.05) is 11.6 Å². The van der Waals surface area contributed by atoms with Crippen molar-refractivity contribution in [2.45, 2.75) is 25.7 Å². The molecular weight excluding hydrogens is 450 g/mol. The molecule has 0 atom stereocenters. The maximum absolute atomic E-state index is 10.8. The van der Waals surface area contributed by atoms with Crippen molar-refractivity contribution < 1.29 is 17.6 Å². The molecule has 23 heavy (non-hydrogen) atoms. The molecule has 126 valence electrons. The molecule has 0 fully saturated rings. The van der Waals surface area contributed by atoms with Crippen LogP contribution in [0.3, 0.4) is 0 Å². The van der Waals surface area contributed by atoms with Crippen LogP contribution in [-0.2, 0) is 10.1 Å². The van der Waals surface area contributed by atoms with E-state index in [2.05, 4.69) is 31.9 Å². The molecule has 6 nitrogen and oxygen atoms in total. The number of hydrogen-bond donors (Lipinski definition) is 2. The zero-order valence-electron chi connectivity index (χ0n) is 12.8. The van der Waals surface area contributed by atoms with Crippen LogP contribution >= 0.6 is 31.9 Å². The Morgan fingerprint density at radius 2 is 1.57 bits per heavy atom. The van der Waals surface area contributed by atoms with Gasteiger partial charge in [-0.05, 0) is 69.8 Å². The number of anilines is 1. The SMILES string of the molecule is Cc1cc(C)c(S(=O)(=O)[O-])c(C)c1.Nc1c(Br)cc(Br)c[n+]1N. The van der Waals surface area contributed by atoms with Crippen LogP contribution in [0, 0.1) is 20.8 Å². The molecule has 2 rings (SSSR count). The number of halogens is 2. The maximum atomic E-state index is 10.8. The first kappa shape index (κ1) is 19.9. The van der Waals surface area contributed by atoms with Crippen molar-refractivity contribution in [1.82, 2.24) is 0 Å². The third kappa shape index (κ3) is 5.45. The summed E-state index contributed by atoms with van der Waals surface area (Å²) >= 11 is 6.50. The quantitative estimate of drug-likeness (QED) is 0.380. The summed E-state index contributed by atoms with van der Waals surface area (Å²) in [5.41, 5.74) is 7.52. The Bertz CT molecular complexity index is 793. The molecule has 0 amide bonds. The van der Waals surface area contributed by atoms with Gasteiger partial charge in [-0.1, -0.05) is 17.7 Å². The van der Waals surface area contributed by atoms with Gasteiger partial charge < -0.3 is 4.55 Å². The summed E-state index contributed by atoms with van der Waals surface area (Å²) in [5.74, 6) is 5.96. The van der Waals surface area contributed by atoms with Gasteiger partial charge in [0.2, 0.25) is 0 Å². The highest BCUT2D eigenvalue weighted by atomic mass is 79.9. The largest absolute Gasteiger partial charge is 0.744 e. The molecule has 0 saturated carbocycles. The van der Waals surface area contributed by atoms with Crippen molar-refractivity contribution in [2.24, 2.45) is 0 Å². The lowest BCUT2D eigenvalue weighted by molar-refractivity contribution is -0.624. The lowest BCUT2D eigenvalue weighted by atomic mass is 10.1. The molecule has 4 N–H and O–H groups in total. The van der Waals surface area contributed by atoms with Crippen molar-refractivity contribution in [3.63, 3.8) is 0 Å². The van der Waals surface area contributed by atoms with E-state index < -0.39 is 10.1 Å². The minimum atomic E-state index is -4.33. The second kappa shape index (κ2) is 7.61. The van der Waals surface area contributed by atoms with Gasteiger partial charge in [0.05, 0.1) is 9.37 Å². The molecule has 1 aromatic heterocycles. The van der Waals surface area contributed by atoms with Gasteiger partial charge in [-0.15, -0.1) is 4.68 Å². The number of nitrogen functional groups attached to an aromatic ring is 2. The number of nitrogens with zero attached hydrogens (tertiary/aromatic N) is 1. The van der Waals surface area contributed by atoms with Crippen LogP contribution in [-0.4, -0.2) is 13.0 Å². The van der Waals surface area contributed by atoms with Gasteiger partial charge in [0, 0.05) is 0 Å². The number of aromatic nitrogens is 1. The lowest BCUT2D eigenvalue weighted by Gasteiger charge is -2.14. The Hall–Kier alpha value is -1.16. The zero-order valence-corrected chi connectivity index (χ0v) is 16.8. The minimum absolute atomic E-state index is 0.0851. The van der Waals surface area contributed by atoms with Crippen LogP contribution in [0.25, 0.3) is 0 Å². The van der Waals surface area contributed by atoms with Gasteiger partial charge in [0.15, 0.2) is 0 Å². The molecule has 0 saturated heterocycles. The highest BCUT2D eigenvalue weighted by Crippen LogP contribution is 2.21. The highest BCUT2D eigenvalue weighted by Gasteiger charge is 2.09. The summed E-state index contributed by atoms with van der Waals surface area (Å²) in [7, 11) is -4.33. The van der Waals surface area contributed by atoms with E-state index in [0.29, 0.717) is 16.9 Å². The molecule has 0 spiro atoms. The first-order valence-electron chi connectivity index (χ1n) is 6.38. The lowest BCUT2D eigenvalue weighted by Crippen LogP contribution is -2.46. The molecule has 0 radical (unpaired) electrons. The van der Waals surface area contributed by atoms with E-state index >= 15 is 0 Å². The van der Waals surface area contributed by atoms with Gasteiger partial charge in [0.25, 0.3) is 0 Å². The standard InChI is InChI=1S/C9H12O3S.C5H5Br2N3/c1-6-4-7(2)9(8(3)5-6)13(10,11)12;6-3-1-4(7)5(8)10(9)2-3/h4-5H,1-3H3,(H,10,11,12);1-2,8H,9H2. The number of aryl methyl sites for hydroxylation is 3. The first-order valence-corrected chi connectivity index (χ1v) is 9.38. The molecule has 0 aliphatic heterocycles. The molecule has 9 heteroatoms. The smallest absolute Gasteiger partial charge is 0.310 e. The van der Waals surface area contributed by atoms with E-state index in [4.69, 9.17) is 11.6 Å². The van der Waals surface area contributed by atoms with Gasteiger partial charge in [-0.3, -0.25) is 11.6 Å². The van der Waals surface area contributed by atoms with Gasteiger partial charge in [-0.25, -0.2) is 8.42 Å². The Labute approximate surface area is 152 Å². The average Bonchev–Trinajstić information content (AvgIpc) is 2.33. The van der Waals surface area contributed by atoms with E-state index in [1.165, 1.54) is 4.68 Å². The average molecular weight is 467 g/mol. The monoisotopic (exact) mass is 465 g/mol. The summed E-state index contributed by atoms with van der Waals surface area (Å²) in [4.78, 5) is -0.0851. The first-order chi connectivity index (χ1) is 10.4. The van der Waals surface area contributed by atoms with E-state index in [9.17, 15) is 13.0 Å². The van der Waals surface area contributed by atoms with Gasteiger partial charge in [-0.2, -0.15) is 0 Å². The number of rotatable bonds is 1. The minimum Gasteiger partial charge on any atom is -0.744 e. The maximum Gasteiger partial charge on any atom is 0.310 e. The second-order valence-electron chi connectivity index (χ2n) is 4.98. The van der Waals surface area contributed by atoms with E-state index in [1.54, 1.807) is 32.2 Å². The molecule has 0 aliphatic rings. The van der Waals surface area contributed by atoms with E-state index in [-0.39, 0.29) is 4.90 Å². The van der Waals surface area contributed by atoms with Crippen molar-refractivity contribution in [3.05, 3.63) is 50.0 Å². The Morgan fingerprint density at radius 3 is 1.96 bits per heavy atom. The molecule has 1 aromatic carbocycles. The normalized spacial score (nSPS) is 10.9. The number of hydrogen-bond acceptors (Lipinski definition) is 5. The summed E-state index contributed by atoms with van der Waals surface area (Å²) in [6.07, 6.45) is 1.68. The zero-order chi connectivity index (χ0) is 17.9. The predicted molar refractivity (Wildman–Crippen MR) is 95.2 cm³/mol. The van der Waals surface area contributed by atoms with Crippen molar-refractivity contribution in [3.8, 4) is 0 Å². The van der Waals surface area contributed by atoms with Crippen molar-refractivity contribution >= 4 is 47.8 Å². The summed E-state index contributed by atoms with van der Waals surface area (Å²) < 4.78 is 35.5. The highest BCUT2D eigenvalue weighted by molar-refractivity contribution is 9.11. The van der Waals surface area contributed by atoms with E-state index in [1.807, 2.05) is 13.0 Å². The molecule has 0 aliphatic carbocycles. The van der Waals surface area contributed by atoms with Gasteiger partial charge >= 0.3 is 5.82 Å². The Kier molecular flexibility index (Phi) is 6.58. The summed E-state index contributed by atoms with van der Waals surface area (Å²) in [5, 5.41) is 0. The summed E-state index contributed by atoms with van der Waals surface area (Å²) in [6, 6.07) is 5.22. The van der Waals surface area contributed by atoms with Crippen LogP contribution < -0.4 is 16.3 Å². The van der Waals surface area contributed by atoms with Crippen molar-refractivity contribution in [1.29, 1.82) is 0 Å².